The van der Waals surface area contributed by atoms with Crippen LogP contribution >= 0.6 is 11.8 Å². The van der Waals surface area contributed by atoms with Crippen LogP contribution in [0.1, 0.15) is 0 Å². The maximum atomic E-state index is 6.52. The highest BCUT2D eigenvalue weighted by molar-refractivity contribution is 7.99. The second-order valence-corrected chi connectivity index (χ2v) is 19.4. The Kier molecular flexibility index (Phi) is 11.2. The molecule has 2 aromatic heterocycles. The standard InChI is InChI=1S/C66H42N8OS/c1-5-21-43(22-6-1)61-67-62(44-23-7-2-8-24-44)70-65(69-61)48-39-47(40-50(41-48)74-55-31-15-19-35-59(55)76-60-36-20-16-32-56(60)74)51-38-37-49(73-53-29-13-17-33-57(53)75-58-34-18-14-30-54(58)73)42-52(51)66-71-63(45-25-9-3-10-26-45)68-64(72-66)46-27-11-4-12-28-46/h1-42H. The minimum absolute atomic E-state index is 0.509. The molecular weight excluding hydrogens is 953 g/mol. The van der Waals surface area contributed by atoms with Crippen LogP contribution in [-0.2, 0) is 0 Å². The Morgan fingerprint density at radius 3 is 1.11 bits per heavy atom. The molecule has 0 unspecified atom stereocenters. The molecule has 12 aromatic rings. The zero-order valence-corrected chi connectivity index (χ0v) is 41.5. The molecule has 0 bridgehead atoms. The Bertz CT molecular complexity index is 3940. The number of hydrogen-bond donors (Lipinski definition) is 0. The van der Waals surface area contributed by atoms with Crippen LogP contribution in [0.3, 0.4) is 0 Å². The number of para-hydroxylation sites is 6. The van der Waals surface area contributed by atoms with Crippen LogP contribution in [0.4, 0.5) is 34.1 Å². The van der Waals surface area contributed by atoms with Gasteiger partial charge in [-0.1, -0.05) is 188 Å². The summed E-state index contributed by atoms with van der Waals surface area (Å²) < 4.78 is 6.52. The van der Waals surface area contributed by atoms with Crippen LogP contribution in [0, 0.1) is 0 Å². The van der Waals surface area contributed by atoms with Crippen LogP contribution in [0.2, 0.25) is 0 Å². The Labute approximate surface area is 443 Å². The maximum Gasteiger partial charge on any atom is 0.164 e. The highest BCUT2D eigenvalue weighted by atomic mass is 32.2. The fraction of sp³-hybridized carbons (Fsp3) is 0. The molecule has 14 rings (SSSR count). The van der Waals surface area contributed by atoms with Crippen LogP contribution < -0.4 is 14.5 Å². The van der Waals surface area contributed by atoms with Gasteiger partial charge in [-0.15, -0.1) is 0 Å². The number of benzene rings is 10. The van der Waals surface area contributed by atoms with Crippen LogP contribution in [-0.4, -0.2) is 29.9 Å². The van der Waals surface area contributed by atoms with Crippen molar-refractivity contribution < 1.29 is 4.74 Å². The van der Waals surface area contributed by atoms with Crippen molar-refractivity contribution in [2.75, 3.05) is 9.80 Å². The van der Waals surface area contributed by atoms with Gasteiger partial charge in [-0.3, -0.25) is 0 Å². The van der Waals surface area contributed by atoms with E-state index in [1.807, 2.05) is 158 Å². The second-order valence-electron chi connectivity index (χ2n) is 18.3. The third kappa shape index (κ3) is 8.29. The maximum absolute atomic E-state index is 6.52. The molecule has 9 nitrogen and oxygen atoms in total. The molecule has 0 fully saturated rings. The van der Waals surface area contributed by atoms with E-state index in [-0.39, 0.29) is 0 Å². The van der Waals surface area contributed by atoms with Crippen LogP contribution in [0.5, 0.6) is 11.5 Å². The summed E-state index contributed by atoms with van der Waals surface area (Å²) in [6, 6.07) is 87.0. The number of ether oxygens (including phenoxy) is 1. The minimum Gasteiger partial charge on any atom is -0.453 e. The van der Waals surface area contributed by atoms with Crippen molar-refractivity contribution in [3.63, 3.8) is 0 Å². The molecule has 0 saturated carbocycles. The first-order valence-corrected chi connectivity index (χ1v) is 25.8. The van der Waals surface area contributed by atoms with Gasteiger partial charge in [-0.2, -0.15) is 0 Å². The normalized spacial score (nSPS) is 12.2. The van der Waals surface area contributed by atoms with E-state index in [0.29, 0.717) is 34.9 Å². The molecule has 0 saturated heterocycles. The van der Waals surface area contributed by atoms with Crippen LogP contribution in [0.25, 0.3) is 79.5 Å². The van der Waals surface area contributed by atoms with Gasteiger partial charge in [0, 0.05) is 54.5 Å². The van der Waals surface area contributed by atoms with Gasteiger partial charge >= 0.3 is 0 Å². The first-order valence-electron chi connectivity index (χ1n) is 25.0. The molecule has 0 amide bonds. The van der Waals surface area contributed by atoms with E-state index >= 15 is 0 Å². The molecule has 2 aliphatic rings. The summed E-state index contributed by atoms with van der Waals surface area (Å²) in [7, 11) is 0. The first-order chi connectivity index (χ1) is 37.6. The average molecular weight is 995 g/mol. The van der Waals surface area contributed by atoms with Crippen molar-refractivity contribution in [1.82, 2.24) is 29.9 Å². The number of aromatic nitrogens is 6. The molecule has 0 atom stereocenters. The predicted octanol–water partition coefficient (Wildman–Crippen LogP) is 17.2. The van der Waals surface area contributed by atoms with Crippen molar-refractivity contribution in [2.45, 2.75) is 9.79 Å². The lowest BCUT2D eigenvalue weighted by Gasteiger charge is -2.34. The predicted molar refractivity (Wildman–Crippen MR) is 305 cm³/mol. The van der Waals surface area contributed by atoms with Gasteiger partial charge in [0.25, 0.3) is 0 Å². The van der Waals surface area contributed by atoms with E-state index in [9.17, 15) is 0 Å². The average Bonchev–Trinajstić information content (AvgIpc) is 3.50. The SMILES string of the molecule is c1ccc(-c2nc(-c3ccccc3)nc(-c3cc(-c4ccc(N5c6ccccc6Oc6ccccc65)cc4-c4nc(-c5ccccc5)nc(-c5ccccc5)n4)cc(N4c5ccccc5Sc5ccccc54)c3)n2)cc1. The van der Waals surface area contributed by atoms with E-state index in [0.717, 1.165) is 99.9 Å². The van der Waals surface area contributed by atoms with E-state index in [1.54, 1.807) is 11.8 Å². The number of hydrogen-bond acceptors (Lipinski definition) is 10. The zero-order chi connectivity index (χ0) is 50.4. The summed E-state index contributed by atoms with van der Waals surface area (Å²) in [5, 5.41) is 0. The molecule has 2 aliphatic heterocycles. The van der Waals surface area contributed by atoms with Crippen molar-refractivity contribution in [3.05, 3.63) is 255 Å². The Hall–Kier alpha value is -10.0. The summed E-state index contributed by atoms with van der Waals surface area (Å²) in [5.41, 5.74) is 12.7. The van der Waals surface area contributed by atoms with Crippen molar-refractivity contribution >= 4 is 45.9 Å². The number of fused-ring (bicyclic) bond motifs is 4. The van der Waals surface area contributed by atoms with E-state index in [1.165, 1.54) is 0 Å². The van der Waals surface area contributed by atoms with E-state index in [2.05, 4.69) is 107 Å². The van der Waals surface area contributed by atoms with Crippen LogP contribution in [0.15, 0.2) is 265 Å². The Morgan fingerprint density at radius 2 is 0.632 bits per heavy atom. The largest absolute Gasteiger partial charge is 0.453 e. The molecule has 0 radical (unpaired) electrons. The van der Waals surface area contributed by atoms with Crippen molar-refractivity contribution in [3.8, 4) is 91.0 Å². The summed E-state index contributed by atoms with van der Waals surface area (Å²) in [6.45, 7) is 0. The number of nitrogens with zero attached hydrogens (tertiary/aromatic N) is 8. The second kappa shape index (κ2) is 19.1. The quantitative estimate of drug-likeness (QED) is 0.139. The molecular formula is C66H42N8OS. The van der Waals surface area contributed by atoms with Gasteiger partial charge in [-0.05, 0) is 90.0 Å². The molecule has 0 N–H and O–H groups in total. The summed E-state index contributed by atoms with van der Waals surface area (Å²) in [6.07, 6.45) is 0. The smallest absolute Gasteiger partial charge is 0.164 e. The molecule has 10 aromatic carbocycles. The summed E-state index contributed by atoms with van der Waals surface area (Å²) in [4.78, 5) is 38.5. The first kappa shape index (κ1) is 44.7. The van der Waals surface area contributed by atoms with Gasteiger partial charge in [0.15, 0.2) is 46.4 Å². The third-order valence-electron chi connectivity index (χ3n) is 13.5. The fourth-order valence-corrected chi connectivity index (χ4v) is 11.0. The topological polar surface area (TPSA) is 93.0 Å². The molecule has 0 aliphatic carbocycles. The van der Waals surface area contributed by atoms with Gasteiger partial charge in [0.1, 0.15) is 0 Å². The molecule has 10 heteroatoms. The highest BCUT2D eigenvalue weighted by Crippen LogP contribution is 2.54. The lowest BCUT2D eigenvalue weighted by molar-refractivity contribution is 0.477. The lowest BCUT2D eigenvalue weighted by atomic mass is 9.94. The zero-order valence-electron chi connectivity index (χ0n) is 40.6. The Balaban J connectivity index is 1.06. The third-order valence-corrected chi connectivity index (χ3v) is 14.6. The van der Waals surface area contributed by atoms with Gasteiger partial charge in [0.2, 0.25) is 0 Å². The molecule has 76 heavy (non-hydrogen) atoms. The Morgan fingerprint density at radius 1 is 0.263 bits per heavy atom. The fourth-order valence-electron chi connectivity index (χ4n) is 9.97. The van der Waals surface area contributed by atoms with E-state index < -0.39 is 0 Å². The van der Waals surface area contributed by atoms with Crippen molar-refractivity contribution in [2.24, 2.45) is 0 Å². The summed E-state index contributed by atoms with van der Waals surface area (Å²) in [5.74, 6) is 4.81. The van der Waals surface area contributed by atoms with Gasteiger partial charge < -0.3 is 14.5 Å². The minimum atomic E-state index is 0.509. The highest BCUT2D eigenvalue weighted by Gasteiger charge is 2.29. The van der Waals surface area contributed by atoms with E-state index in [4.69, 9.17) is 34.6 Å². The van der Waals surface area contributed by atoms with Gasteiger partial charge in [0.05, 0.1) is 22.7 Å². The molecule has 358 valence electrons. The monoisotopic (exact) mass is 994 g/mol. The number of anilines is 6. The van der Waals surface area contributed by atoms with Crippen molar-refractivity contribution in [1.29, 1.82) is 0 Å². The lowest BCUT2D eigenvalue weighted by Crippen LogP contribution is -2.16. The molecule has 0 spiro atoms. The number of rotatable bonds is 9. The van der Waals surface area contributed by atoms with Gasteiger partial charge in [-0.25, -0.2) is 29.9 Å². The molecule has 4 heterocycles. The summed E-state index contributed by atoms with van der Waals surface area (Å²) >= 11 is 1.77.